The van der Waals surface area contributed by atoms with Gasteiger partial charge in [0.25, 0.3) is 0 Å². The van der Waals surface area contributed by atoms with Gasteiger partial charge in [0.05, 0.1) is 0 Å². The highest BCUT2D eigenvalue weighted by atomic mass is 32.2. The molecule has 4 aromatic rings. The van der Waals surface area contributed by atoms with Crippen molar-refractivity contribution in [2.45, 2.75) is 53.0 Å². The molecule has 0 unspecified atom stereocenters. The van der Waals surface area contributed by atoms with Gasteiger partial charge in [-0.1, -0.05) is 69.3 Å². The topological polar surface area (TPSA) is 24.5 Å². The minimum absolute atomic E-state index is 0.864. The minimum atomic E-state index is 0.864. The molecule has 49 heavy (non-hydrogen) atoms. The number of aryl methyl sites for hydroxylation is 1. The van der Waals surface area contributed by atoms with Gasteiger partial charge in [-0.05, 0) is 90.5 Å². The highest BCUT2D eigenvalue weighted by Gasteiger charge is 2.12. The molecule has 264 valence electrons. The number of aromatic nitrogens is 2. The molecule has 6 rings (SSSR count). The molecule has 0 aliphatic carbocycles. The van der Waals surface area contributed by atoms with E-state index in [0.717, 1.165) is 18.1 Å². The fourth-order valence-corrected chi connectivity index (χ4v) is 5.51. The molecule has 0 saturated carbocycles. The van der Waals surface area contributed by atoms with E-state index in [0.29, 0.717) is 0 Å². The average Bonchev–Trinajstić information content (AvgIpc) is 3.90. The van der Waals surface area contributed by atoms with Crippen molar-refractivity contribution in [3.05, 3.63) is 120 Å². The lowest BCUT2D eigenvalue weighted by atomic mass is 10.1. The maximum atomic E-state index is 4.25. The summed E-state index contributed by atoms with van der Waals surface area (Å²) in [4.78, 5) is 7.95. The van der Waals surface area contributed by atoms with Crippen LogP contribution in [0.4, 0.5) is 11.4 Å². The van der Waals surface area contributed by atoms with Gasteiger partial charge < -0.3 is 9.80 Å². The molecule has 0 bridgehead atoms. The van der Waals surface area contributed by atoms with Crippen molar-refractivity contribution in [3.63, 3.8) is 0 Å². The van der Waals surface area contributed by atoms with Gasteiger partial charge in [0.1, 0.15) is 0 Å². The van der Waals surface area contributed by atoms with Crippen LogP contribution in [0, 0.1) is 0 Å². The van der Waals surface area contributed by atoms with Crippen molar-refractivity contribution in [1.29, 1.82) is 0 Å². The van der Waals surface area contributed by atoms with E-state index < -0.39 is 0 Å². The second kappa shape index (κ2) is 26.7. The van der Waals surface area contributed by atoms with Gasteiger partial charge in [-0.25, -0.2) is 9.55 Å². The third-order valence-corrected chi connectivity index (χ3v) is 7.88. The molecule has 4 nitrogen and oxygen atoms in total. The summed E-state index contributed by atoms with van der Waals surface area (Å²) in [6.07, 6.45) is 26.1. The van der Waals surface area contributed by atoms with Crippen LogP contribution in [-0.2, 0) is 6.54 Å². The molecule has 0 radical (unpaired) electrons. The van der Waals surface area contributed by atoms with Gasteiger partial charge >= 0.3 is 0 Å². The normalized spacial score (nSPS) is 13.4. The van der Waals surface area contributed by atoms with Crippen LogP contribution in [0.25, 0.3) is 24.3 Å². The maximum absolute atomic E-state index is 4.25. The number of aromatic amines is 1. The zero-order valence-electron chi connectivity index (χ0n) is 30.5. The van der Waals surface area contributed by atoms with E-state index in [4.69, 9.17) is 0 Å². The molecule has 2 aliphatic heterocycles. The van der Waals surface area contributed by atoms with Crippen LogP contribution in [-0.4, -0.2) is 50.2 Å². The van der Waals surface area contributed by atoms with Crippen LogP contribution >= 0.6 is 37.0 Å². The summed E-state index contributed by atoms with van der Waals surface area (Å²) in [5.41, 5.74) is 7.62. The number of anilines is 2. The fraction of sp³-hybridized carbons (Fsp3) is 0.381. The fourth-order valence-electron chi connectivity index (χ4n) is 5.28. The van der Waals surface area contributed by atoms with Crippen molar-refractivity contribution in [2.75, 3.05) is 60.0 Å². The number of nitrogens with one attached hydrogen (secondary N) is 1. The number of nitrogens with zero attached hydrogens (tertiary/aromatic N) is 3. The minimum Gasteiger partial charge on any atom is -0.372 e. The summed E-state index contributed by atoms with van der Waals surface area (Å²) in [6.45, 7) is 11.7. The Morgan fingerprint density at radius 2 is 0.939 bits per heavy atom. The zero-order chi connectivity index (χ0) is 35.5. The standard InChI is InChI=1S/C19H22N2S.C17H18N2.2C2H6S.C2H6/c22-16-15-20-13-9-18(10-14-20)4-3-17-5-7-19(8-6-17)21-11-1-2-12-21;1-2-14-19(13-1)17-7-5-15(6-8-17)3-4-16-9-11-18-12-10-16;1-3-2;1-2-3;1-2/h3-10,13-14H,1-2,11-12,15-16H2;3-12H,1-2,13-14H2;1-2H3;3H,2H2,1H3;1-2H3/p+2/b;4-3+;;;. The summed E-state index contributed by atoms with van der Waals surface area (Å²) in [6, 6.07) is 26.1. The first kappa shape index (κ1) is 42.0. The second-order valence-electron chi connectivity index (χ2n) is 11.4. The maximum Gasteiger partial charge on any atom is 0.169 e. The van der Waals surface area contributed by atoms with Crippen LogP contribution in [0.1, 0.15) is 68.7 Å². The van der Waals surface area contributed by atoms with Crippen molar-refractivity contribution < 1.29 is 9.55 Å². The van der Waals surface area contributed by atoms with Crippen LogP contribution in [0.5, 0.6) is 0 Å². The number of thioether (sulfide) groups is 1. The molecule has 2 aliphatic rings. The van der Waals surface area contributed by atoms with Gasteiger partial charge in [0, 0.05) is 67.6 Å². The second-order valence-corrected chi connectivity index (χ2v) is 13.3. The molecule has 4 heterocycles. The SMILES string of the molecule is C(=C\c1ccc(N2CCCC2)cc1)/c1cc[nH+]cc1.CC.CCS.CSC.SCC[n+]1ccc(/C=C/c2ccc(N3CCCC3)cc2)cc1. The Hall–Kier alpha value is -3.13. The molecule has 0 atom stereocenters. The highest BCUT2D eigenvalue weighted by Crippen LogP contribution is 2.22. The van der Waals surface area contributed by atoms with E-state index >= 15 is 0 Å². The number of benzene rings is 2. The Bertz CT molecular complexity index is 1410. The molecular weight excluding hydrogens is 657 g/mol. The van der Waals surface area contributed by atoms with Gasteiger partial charge in [-0.15, -0.1) is 0 Å². The van der Waals surface area contributed by atoms with E-state index in [-0.39, 0.29) is 0 Å². The van der Waals surface area contributed by atoms with E-state index in [9.17, 15) is 0 Å². The van der Waals surface area contributed by atoms with Gasteiger partial charge in [0.15, 0.2) is 31.3 Å². The number of thiol groups is 2. The summed E-state index contributed by atoms with van der Waals surface area (Å²) in [5, 5.41) is 0. The molecule has 0 spiro atoms. The van der Waals surface area contributed by atoms with Crippen molar-refractivity contribution in [2.24, 2.45) is 0 Å². The molecule has 1 N–H and O–H groups in total. The summed E-state index contributed by atoms with van der Waals surface area (Å²) in [5.74, 6) is 1.81. The van der Waals surface area contributed by atoms with Gasteiger partial charge in [-0.2, -0.15) is 37.0 Å². The van der Waals surface area contributed by atoms with Crippen LogP contribution < -0.4 is 19.4 Å². The van der Waals surface area contributed by atoms with Crippen LogP contribution in [0.3, 0.4) is 0 Å². The summed E-state index contributed by atoms with van der Waals surface area (Å²) >= 11 is 9.79. The number of rotatable bonds is 8. The Morgan fingerprint density at radius 1 is 0.612 bits per heavy atom. The third-order valence-electron chi connectivity index (χ3n) is 7.68. The number of H-pyrrole nitrogens is 1. The molecule has 2 aromatic carbocycles. The molecule has 0 amide bonds. The highest BCUT2D eigenvalue weighted by molar-refractivity contribution is 7.97. The third kappa shape index (κ3) is 16.9. The quantitative estimate of drug-likeness (QED) is 0.140. The van der Waals surface area contributed by atoms with E-state index in [1.165, 1.54) is 85.5 Å². The molecule has 2 fully saturated rings. The lowest BCUT2D eigenvalue weighted by Gasteiger charge is -2.17. The Kier molecular flexibility index (Phi) is 22.9. The van der Waals surface area contributed by atoms with E-state index in [1.54, 1.807) is 11.8 Å². The predicted molar refractivity (Wildman–Crippen MR) is 227 cm³/mol. The van der Waals surface area contributed by atoms with E-state index in [2.05, 4.69) is 154 Å². The van der Waals surface area contributed by atoms with Gasteiger partial charge in [-0.3, -0.25) is 0 Å². The molecule has 2 aromatic heterocycles. The summed E-state index contributed by atoms with van der Waals surface area (Å²) < 4.78 is 2.15. The monoisotopic (exact) mass is 716 g/mol. The van der Waals surface area contributed by atoms with E-state index in [1.807, 2.05) is 45.7 Å². The molecule has 7 heteroatoms. The largest absolute Gasteiger partial charge is 0.372 e. The Labute approximate surface area is 313 Å². The van der Waals surface area contributed by atoms with Gasteiger partial charge in [0.2, 0.25) is 0 Å². The smallest absolute Gasteiger partial charge is 0.169 e. The zero-order valence-corrected chi connectivity index (χ0v) is 33.1. The predicted octanol–water partition coefficient (Wildman–Crippen LogP) is 9.89. The van der Waals surface area contributed by atoms with Crippen molar-refractivity contribution in [3.8, 4) is 0 Å². The number of hydrogen-bond acceptors (Lipinski definition) is 5. The number of pyridine rings is 2. The van der Waals surface area contributed by atoms with Crippen LogP contribution in [0.15, 0.2) is 97.6 Å². The summed E-state index contributed by atoms with van der Waals surface area (Å²) in [7, 11) is 0. The lowest BCUT2D eigenvalue weighted by Crippen LogP contribution is -2.33. The number of hydrogen-bond donors (Lipinski definition) is 2. The first-order valence-electron chi connectivity index (χ1n) is 17.7. The Morgan fingerprint density at radius 3 is 1.29 bits per heavy atom. The Balaban J connectivity index is 0.000000283. The lowest BCUT2D eigenvalue weighted by molar-refractivity contribution is -0.692. The first-order chi connectivity index (χ1) is 24.1. The molecule has 2 saturated heterocycles. The average molecular weight is 717 g/mol. The first-order valence-corrected chi connectivity index (χ1v) is 20.6. The van der Waals surface area contributed by atoms with Crippen LogP contribution in [0.2, 0.25) is 0 Å². The van der Waals surface area contributed by atoms with Crippen molar-refractivity contribution >= 4 is 72.7 Å². The van der Waals surface area contributed by atoms with Crippen molar-refractivity contribution in [1.82, 2.24) is 0 Å². The molecular formula is C42H60N4S3+2.